The quantitative estimate of drug-likeness (QED) is 0.596. The standard InChI is InChI=1S/C20H27NO2/c1-4-12-20(23-19(22)5-2)13-15-21(16-17(20)3)14-11-18-9-7-6-8-10-18/h1,6-10,17H,5,11-16H2,2-3H3. The molecule has 3 nitrogen and oxygen atoms in total. The minimum atomic E-state index is -0.481. The number of benzene rings is 1. The van der Waals surface area contributed by atoms with E-state index in [1.165, 1.54) is 5.56 Å². The summed E-state index contributed by atoms with van der Waals surface area (Å²) in [5.41, 5.74) is 0.878. The highest BCUT2D eigenvalue weighted by Crippen LogP contribution is 2.35. The molecule has 0 radical (unpaired) electrons. The zero-order valence-corrected chi connectivity index (χ0v) is 14.3. The van der Waals surface area contributed by atoms with Crippen LogP contribution in [0.25, 0.3) is 0 Å². The molecule has 0 saturated carbocycles. The predicted octanol–water partition coefficient (Wildman–Crippen LogP) is 3.29. The van der Waals surface area contributed by atoms with Gasteiger partial charge in [0.25, 0.3) is 0 Å². The minimum absolute atomic E-state index is 0.148. The fraction of sp³-hybridized carbons (Fsp3) is 0.550. The summed E-state index contributed by atoms with van der Waals surface area (Å²) in [5.74, 6) is 2.82. The van der Waals surface area contributed by atoms with E-state index in [0.29, 0.717) is 12.8 Å². The van der Waals surface area contributed by atoms with Gasteiger partial charge in [-0.3, -0.25) is 4.79 Å². The molecule has 1 aromatic rings. The number of ether oxygens (including phenoxy) is 1. The third-order valence-corrected chi connectivity index (χ3v) is 4.85. The Balaban J connectivity index is 1.94. The Hall–Kier alpha value is -1.79. The molecule has 0 aromatic heterocycles. The second kappa shape index (κ2) is 8.17. The van der Waals surface area contributed by atoms with Gasteiger partial charge in [-0.15, -0.1) is 12.3 Å². The number of carbonyl (C=O) groups excluding carboxylic acids is 1. The largest absolute Gasteiger partial charge is 0.458 e. The first kappa shape index (κ1) is 17.6. The first-order chi connectivity index (χ1) is 11.1. The Bertz CT molecular complexity index is 549. The van der Waals surface area contributed by atoms with Gasteiger partial charge in [-0.2, -0.15) is 0 Å². The number of likely N-dealkylation sites (tertiary alicyclic amines) is 1. The van der Waals surface area contributed by atoms with Crippen LogP contribution in [0.1, 0.15) is 38.7 Å². The molecule has 0 spiro atoms. The van der Waals surface area contributed by atoms with E-state index >= 15 is 0 Å². The summed E-state index contributed by atoms with van der Waals surface area (Å²) in [7, 11) is 0. The minimum Gasteiger partial charge on any atom is -0.458 e. The van der Waals surface area contributed by atoms with Crippen LogP contribution in [0, 0.1) is 18.3 Å². The molecule has 2 rings (SSSR count). The molecule has 3 heteroatoms. The van der Waals surface area contributed by atoms with Crippen molar-refractivity contribution in [3.05, 3.63) is 35.9 Å². The number of terminal acetylenes is 1. The number of hydrogen-bond acceptors (Lipinski definition) is 3. The zero-order chi connectivity index (χ0) is 16.7. The van der Waals surface area contributed by atoms with E-state index in [1.807, 2.05) is 13.0 Å². The van der Waals surface area contributed by atoms with Crippen molar-refractivity contribution in [2.24, 2.45) is 5.92 Å². The van der Waals surface area contributed by atoms with E-state index in [0.717, 1.165) is 32.5 Å². The summed E-state index contributed by atoms with van der Waals surface area (Å²) in [5, 5.41) is 0. The molecular formula is C20H27NO2. The number of carbonyl (C=O) groups is 1. The molecule has 0 aliphatic carbocycles. The van der Waals surface area contributed by atoms with Gasteiger partial charge in [-0.25, -0.2) is 0 Å². The van der Waals surface area contributed by atoms with E-state index in [-0.39, 0.29) is 11.9 Å². The van der Waals surface area contributed by atoms with Crippen molar-refractivity contribution in [3.63, 3.8) is 0 Å². The summed E-state index contributed by atoms with van der Waals surface area (Å²) in [4.78, 5) is 14.2. The topological polar surface area (TPSA) is 29.5 Å². The highest BCUT2D eigenvalue weighted by Gasteiger charge is 2.43. The lowest BCUT2D eigenvalue weighted by atomic mass is 9.79. The van der Waals surface area contributed by atoms with Crippen molar-refractivity contribution in [3.8, 4) is 12.3 Å². The van der Waals surface area contributed by atoms with Gasteiger partial charge in [0.1, 0.15) is 5.60 Å². The molecule has 1 aliphatic rings. The number of rotatable bonds is 6. The first-order valence-corrected chi connectivity index (χ1v) is 8.51. The summed E-state index contributed by atoms with van der Waals surface area (Å²) < 4.78 is 5.78. The Morgan fingerprint density at radius 2 is 2.17 bits per heavy atom. The zero-order valence-electron chi connectivity index (χ0n) is 14.3. The summed E-state index contributed by atoms with van der Waals surface area (Å²) >= 11 is 0. The molecule has 124 valence electrons. The van der Waals surface area contributed by atoms with Crippen molar-refractivity contribution in [1.82, 2.24) is 4.90 Å². The molecule has 1 fully saturated rings. The van der Waals surface area contributed by atoms with Crippen LogP contribution in [-0.2, 0) is 16.0 Å². The summed E-state index contributed by atoms with van der Waals surface area (Å²) in [6, 6.07) is 10.5. The van der Waals surface area contributed by atoms with E-state index < -0.39 is 5.60 Å². The third-order valence-electron chi connectivity index (χ3n) is 4.85. The maximum absolute atomic E-state index is 11.8. The van der Waals surface area contributed by atoms with Crippen LogP contribution in [0.15, 0.2) is 30.3 Å². The Kier molecular flexibility index (Phi) is 6.24. The Morgan fingerprint density at radius 1 is 1.43 bits per heavy atom. The van der Waals surface area contributed by atoms with Crippen molar-refractivity contribution in [2.45, 2.75) is 45.1 Å². The van der Waals surface area contributed by atoms with Crippen LogP contribution in [0.2, 0.25) is 0 Å². The summed E-state index contributed by atoms with van der Waals surface area (Å²) in [6.07, 6.45) is 8.31. The Labute approximate surface area is 140 Å². The molecule has 1 aromatic carbocycles. The fourth-order valence-corrected chi connectivity index (χ4v) is 3.30. The smallest absolute Gasteiger partial charge is 0.306 e. The SMILES string of the molecule is C#CCC1(OC(=O)CC)CCN(CCc2ccccc2)CC1C. The maximum Gasteiger partial charge on any atom is 0.306 e. The number of esters is 1. The van der Waals surface area contributed by atoms with E-state index in [4.69, 9.17) is 11.2 Å². The van der Waals surface area contributed by atoms with E-state index in [1.54, 1.807) is 0 Å². The van der Waals surface area contributed by atoms with Crippen LogP contribution in [-0.4, -0.2) is 36.1 Å². The van der Waals surface area contributed by atoms with Crippen molar-refractivity contribution < 1.29 is 9.53 Å². The second-order valence-corrected chi connectivity index (χ2v) is 6.46. The molecule has 0 N–H and O–H groups in total. The highest BCUT2D eigenvalue weighted by atomic mass is 16.6. The average Bonchev–Trinajstić information content (AvgIpc) is 2.57. The number of piperidine rings is 1. The molecule has 2 atom stereocenters. The number of nitrogens with zero attached hydrogens (tertiary/aromatic N) is 1. The summed E-state index contributed by atoms with van der Waals surface area (Å²) in [6.45, 7) is 6.85. The molecule has 1 saturated heterocycles. The second-order valence-electron chi connectivity index (χ2n) is 6.46. The van der Waals surface area contributed by atoms with Crippen LogP contribution >= 0.6 is 0 Å². The lowest BCUT2D eigenvalue weighted by molar-refractivity contribution is -0.171. The van der Waals surface area contributed by atoms with Gasteiger partial charge < -0.3 is 9.64 Å². The van der Waals surface area contributed by atoms with Crippen molar-refractivity contribution in [2.75, 3.05) is 19.6 Å². The van der Waals surface area contributed by atoms with Gasteiger partial charge in [0.2, 0.25) is 0 Å². The van der Waals surface area contributed by atoms with Gasteiger partial charge in [-0.1, -0.05) is 44.2 Å². The molecule has 0 amide bonds. The van der Waals surface area contributed by atoms with Crippen molar-refractivity contribution in [1.29, 1.82) is 0 Å². The van der Waals surface area contributed by atoms with E-state index in [2.05, 4.69) is 42.0 Å². The molecular weight excluding hydrogens is 286 g/mol. The van der Waals surface area contributed by atoms with Crippen LogP contribution in [0.4, 0.5) is 0 Å². The monoisotopic (exact) mass is 313 g/mol. The lowest BCUT2D eigenvalue weighted by Gasteiger charge is -2.45. The molecule has 2 unspecified atom stereocenters. The molecule has 23 heavy (non-hydrogen) atoms. The van der Waals surface area contributed by atoms with Gasteiger partial charge in [0.05, 0.1) is 0 Å². The number of hydrogen-bond donors (Lipinski definition) is 0. The average molecular weight is 313 g/mol. The van der Waals surface area contributed by atoms with Gasteiger partial charge >= 0.3 is 5.97 Å². The highest BCUT2D eigenvalue weighted by molar-refractivity contribution is 5.69. The maximum atomic E-state index is 11.8. The van der Waals surface area contributed by atoms with Crippen LogP contribution in [0.5, 0.6) is 0 Å². The van der Waals surface area contributed by atoms with Crippen molar-refractivity contribution >= 4 is 5.97 Å². The molecule has 1 aliphatic heterocycles. The molecule has 0 bridgehead atoms. The predicted molar refractivity (Wildman–Crippen MR) is 92.9 cm³/mol. The van der Waals surface area contributed by atoms with Gasteiger partial charge in [0, 0.05) is 44.8 Å². The van der Waals surface area contributed by atoms with Crippen LogP contribution in [0.3, 0.4) is 0 Å². The van der Waals surface area contributed by atoms with Crippen LogP contribution < -0.4 is 0 Å². The Morgan fingerprint density at radius 3 is 2.78 bits per heavy atom. The normalized spacial score (nSPS) is 24.8. The fourth-order valence-electron chi connectivity index (χ4n) is 3.30. The van der Waals surface area contributed by atoms with E-state index in [9.17, 15) is 4.79 Å². The molecule has 1 heterocycles. The lowest BCUT2D eigenvalue weighted by Crippen LogP contribution is -2.53. The van der Waals surface area contributed by atoms with Gasteiger partial charge in [0.15, 0.2) is 0 Å². The third kappa shape index (κ3) is 4.59. The first-order valence-electron chi connectivity index (χ1n) is 8.51. The van der Waals surface area contributed by atoms with Gasteiger partial charge in [-0.05, 0) is 12.0 Å².